The van der Waals surface area contributed by atoms with Crippen molar-refractivity contribution in [2.75, 3.05) is 30.4 Å². The molecule has 0 unspecified atom stereocenters. The molecule has 3 aromatic rings. The van der Waals surface area contributed by atoms with Gasteiger partial charge in [0, 0.05) is 48.1 Å². The van der Waals surface area contributed by atoms with Crippen molar-refractivity contribution in [1.29, 1.82) is 0 Å². The van der Waals surface area contributed by atoms with Crippen molar-refractivity contribution < 1.29 is 4.79 Å². The molecule has 0 bridgehead atoms. The van der Waals surface area contributed by atoms with Crippen LogP contribution in [0.25, 0.3) is 10.6 Å². The smallest absolute Gasteiger partial charge is 0.319 e. The first kappa shape index (κ1) is 18.9. The molecule has 0 saturated carbocycles. The van der Waals surface area contributed by atoms with Crippen LogP contribution in [0.5, 0.6) is 0 Å². The van der Waals surface area contributed by atoms with Crippen LogP contribution in [0.3, 0.4) is 0 Å². The molecule has 5 nitrogen and oxygen atoms in total. The highest BCUT2D eigenvalue weighted by atomic mass is 32.1. The summed E-state index contributed by atoms with van der Waals surface area (Å²) in [4.78, 5) is 18.7. The molecule has 0 aliphatic heterocycles. The summed E-state index contributed by atoms with van der Waals surface area (Å²) in [5.41, 5.74) is 4.03. The fourth-order valence-corrected chi connectivity index (χ4v) is 3.49. The second-order valence-corrected chi connectivity index (χ2v) is 7.22. The molecule has 6 heteroatoms. The Morgan fingerprint density at radius 2 is 1.85 bits per heavy atom. The van der Waals surface area contributed by atoms with E-state index in [0.29, 0.717) is 6.54 Å². The zero-order chi connectivity index (χ0) is 19.1. The molecule has 0 spiro atoms. The van der Waals surface area contributed by atoms with Gasteiger partial charge < -0.3 is 15.5 Å². The number of aryl methyl sites for hydroxylation is 1. The van der Waals surface area contributed by atoms with Gasteiger partial charge in [0.05, 0.1) is 0 Å². The van der Waals surface area contributed by atoms with Crippen LogP contribution in [0, 0.1) is 6.92 Å². The van der Waals surface area contributed by atoms with Crippen LogP contribution in [-0.2, 0) is 0 Å². The lowest BCUT2D eigenvalue weighted by atomic mass is 10.2. The first-order valence-electron chi connectivity index (χ1n) is 8.95. The number of anilines is 2. The number of benzene rings is 2. The molecular formula is C21H24N4OS. The van der Waals surface area contributed by atoms with E-state index in [4.69, 9.17) is 0 Å². The number of hydrogen-bond acceptors (Lipinski definition) is 4. The Morgan fingerprint density at radius 1 is 1.11 bits per heavy atom. The zero-order valence-electron chi connectivity index (χ0n) is 15.6. The molecule has 0 aliphatic rings. The van der Waals surface area contributed by atoms with Crippen molar-refractivity contribution >= 4 is 28.7 Å². The molecule has 0 fully saturated rings. The van der Waals surface area contributed by atoms with E-state index in [2.05, 4.69) is 39.7 Å². The zero-order valence-corrected chi connectivity index (χ0v) is 16.4. The summed E-state index contributed by atoms with van der Waals surface area (Å²) >= 11 is 1.62. The number of rotatable bonds is 7. The Morgan fingerprint density at radius 3 is 2.52 bits per heavy atom. The molecule has 1 aromatic heterocycles. The summed E-state index contributed by atoms with van der Waals surface area (Å²) in [6.45, 7) is 3.49. The number of aromatic nitrogens is 1. The van der Waals surface area contributed by atoms with Gasteiger partial charge in [0.1, 0.15) is 5.01 Å². The van der Waals surface area contributed by atoms with E-state index >= 15 is 0 Å². The number of amides is 2. The predicted molar refractivity (Wildman–Crippen MR) is 114 cm³/mol. The maximum absolute atomic E-state index is 12.0. The van der Waals surface area contributed by atoms with Crippen molar-refractivity contribution in [2.45, 2.75) is 13.3 Å². The van der Waals surface area contributed by atoms with E-state index < -0.39 is 0 Å². The van der Waals surface area contributed by atoms with Gasteiger partial charge in [-0.1, -0.05) is 18.2 Å². The molecule has 0 atom stereocenters. The van der Waals surface area contributed by atoms with Gasteiger partial charge in [-0.2, -0.15) is 0 Å². The Hall–Kier alpha value is -2.86. The minimum atomic E-state index is -0.185. The summed E-state index contributed by atoms with van der Waals surface area (Å²) in [5.74, 6) is 0. The molecule has 0 saturated heterocycles. The molecule has 2 N–H and O–H groups in total. The van der Waals surface area contributed by atoms with E-state index in [-0.39, 0.29) is 6.03 Å². The van der Waals surface area contributed by atoms with Crippen LogP contribution in [0.2, 0.25) is 0 Å². The highest BCUT2D eigenvalue weighted by Crippen LogP contribution is 2.24. The molecule has 2 amide bonds. The predicted octanol–water partition coefficient (Wildman–Crippen LogP) is 4.77. The number of nitrogens with one attached hydrogen (secondary N) is 2. The minimum Gasteiger partial charge on any atom is -0.375 e. The van der Waals surface area contributed by atoms with Gasteiger partial charge >= 0.3 is 6.03 Å². The third kappa shape index (κ3) is 5.56. The van der Waals surface area contributed by atoms with Gasteiger partial charge in [-0.05, 0) is 49.7 Å². The van der Waals surface area contributed by atoms with Crippen molar-refractivity contribution in [2.24, 2.45) is 0 Å². The van der Waals surface area contributed by atoms with E-state index in [0.717, 1.165) is 34.9 Å². The maximum atomic E-state index is 12.0. The van der Waals surface area contributed by atoms with Crippen molar-refractivity contribution in [3.05, 3.63) is 65.7 Å². The maximum Gasteiger partial charge on any atom is 0.319 e. The summed E-state index contributed by atoms with van der Waals surface area (Å²) < 4.78 is 0. The minimum absolute atomic E-state index is 0.185. The average molecular weight is 381 g/mol. The van der Waals surface area contributed by atoms with Crippen LogP contribution in [0.15, 0.2) is 60.0 Å². The van der Waals surface area contributed by atoms with E-state index in [1.54, 1.807) is 11.3 Å². The lowest BCUT2D eigenvalue weighted by Gasteiger charge is -2.19. The van der Waals surface area contributed by atoms with Gasteiger partial charge in [0.25, 0.3) is 0 Å². The number of hydrogen-bond donors (Lipinski definition) is 2. The molecule has 2 aromatic carbocycles. The largest absolute Gasteiger partial charge is 0.375 e. The van der Waals surface area contributed by atoms with Crippen LogP contribution in [0.4, 0.5) is 16.2 Å². The highest BCUT2D eigenvalue weighted by molar-refractivity contribution is 7.13. The number of carbonyl (C=O) groups excluding carboxylic acids is 1. The Balaban J connectivity index is 1.40. The fourth-order valence-electron chi connectivity index (χ4n) is 2.69. The second-order valence-electron chi connectivity index (χ2n) is 6.36. The van der Waals surface area contributed by atoms with Crippen LogP contribution in [-0.4, -0.2) is 31.2 Å². The lowest BCUT2D eigenvalue weighted by Crippen LogP contribution is -2.31. The Kier molecular flexibility index (Phi) is 6.44. The summed E-state index contributed by atoms with van der Waals surface area (Å²) in [6, 6.07) is 17.8. The van der Waals surface area contributed by atoms with Gasteiger partial charge in [-0.3, -0.25) is 0 Å². The number of nitrogens with zero attached hydrogens (tertiary/aromatic N) is 2. The standard InChI is InChI=1S/C21H24N4OS/c1-16-15-27-20(23-16)17-9-11-18(12-10-17)24-21(26)22-13-6-14-25(2)19-7-4-3-5-8-19/h3-5,7-12,15H,6,13-14H2,1-2H3,(H2,22,24,26). The number of urea groups is 1. The SMILES string of the molecule is Cc1csc(-c2ccc(NC(=O)NCCCN(C)c3ccccc3)cc2)n1. The normalized spacial score (nSPS) is 10.4. The number of para-hydroxylation sites is 1. The molecule has 0 radical (unpaired) electrons. The van der Waals surface area contributed by atoms with Crippen molar-refractivity contribution in [3.63, 3.8) is 0 Å². The summed E-state index contributed by atoms with van der Waals surface area (Å²) in [5, 5.41) is 8.79. The Labute approximate surface area is 164 Å². The van der Waals surface area contributed by atoms with E-state index in [9.17, 15) is 4.79 Å². The van der Waals surface area contributed by atoms with Gasteiger partial charge in [0.2, 0.25) is 0 Å². The molecule has 0 aliphatic carbocycles. The van der Waals surface area contributed by atoms with Gasteiger partial charge in [-0.15, -0.1) is 11.3 Å². The first-order chi connectivity index (χ1) is 13.1. The molecular weight excluding hydrogens is 356 g/mol. The summed E-state index contributed by atoms with van der Waals surface area (Å²) in [6.07, 6.45) is 0.876. The highest BCUT2D eigenvalue weighted by Gasteiger charge is 2.05. The molecule has 3 rings (SSSR count). The van der Waals surface area contributed by atoms with E-state index in [1.165, 1.54) is 5.69 Å². The van der Waals surface area contributed by atoms with Crippen LogP contribution < -0.4 is 15.5 Å². The van der Waals surface area contributed by atoms with Gasteiger partial charge in [0.15, 0.2) is 0 Å². The lowest BCUT2D eigenvalue weighted by molar-refractivity contribution is 0.252. The van der Waals surface area contributed by atoms with Gasteiger partial charge in [-0.25, -0.2) is 9.78 Å². The third-order valence-electron chi connectivity index (χ3n) is 4.16. The molecule has 140 valence electrons. The number of thiazole rings is 1. The molecule has 27 heavy (non-hydrogen) atoms. The quantitative estimate of drug-likeness (QED) is 0.581. The van der Waals surface area contributed by atoms with Crippen molar-refractivity contribution in [3.8, 4) is 10.6 Å². The fraction of sp³-hybridized carbons (Fsp3) is 0.238. The topological polar surface area (TPSA) is 57.3 Å². The van der Waals surface area contributed by atoms with Crippen LogP contribution in [0.1, 0.15) is 12.1 Å². The van der Waals surface area contributed by atoms with Crippen LogP contribution >= 0.6 is 11.3 Å². The number of carbonyl (C=O) groups is 1. The third-order valence-corrected chi connectivity index (χ3v) is 5.17. The monoisotopic (exact) mass is 380 g/mol. The second kappa shape index (κ2) is 9.19. The van der Waals surface area contributed by atoms with Crippen molar-refractivity contribution in [1.82, 2.24) is 10.3 Å². The Bertz CT molecular complexity index is 861. The van der Waals surface area contributed by atoms with E-state index in [1.807, 2.05) is 54.8 Å². The molecule has 1 heterocycles. The first-order valence-corrected chi connectivity index (χ1v) is 9.83. The summed E-state index contributed by atoms with van der Waals surface area (Å²) in [7, 11) is 2.06. The average Bonchev–Trinajstić information content (AvgIpc) is 3.13.